The fraction of sp³-hybridized carbons (Fsp3) is 0.174. The van der Waals surface area contributed by atoms with Crippen molar-refractivity contribution in [3.63, 3.8) is 0 Å². The number of aromatic carboxylic acids is 1. The third-order valence-corrected chi connectivity index (χ3v) is 5.21. The molecule has 0 saturated carbocycles. The molecule has 154 valence electrons. The minimum absolute atomic E-state index is 0.161. The van der Waals surface area contributed by atoms with Gasteiger partial charge < -0.3 is 9.84 Å². The molecule has 30 heavy (non-hydrogen) atoms. The van der Waals surface area contributed by atoms with Crippen LogP contribution in [0.4, 0.5) is 5.69 Å². The van der Waals surface area contributed by atoms with Gasteiger partial charge in [0.2, 0.25) is 0 Å². The molecule has 1 aliphatic rings. The van der Waals surface area contributed by atoms with Crippen LogP contribution in [0.15, 0.2) is 71.1 Å². The van der Waals surface area contributed by atoms with Gasteiger partial charge in [-0.05, 0) is 54.6 Å². The minimum atomic E-state index is -0.998. The molecule has 1 saturated heterocycles. The smallest absolute Gasteiger partial charge is 0.335 e. The highest BCUT2D eigenvalue weighted by Crippen LogP contribution is 2.35. The van der Waals surface area contributed by atoms with Gasteiger partial charge in [0.15, 0.2) is 5.17 Å². The van der Waals surface area contributed by atoms with Gasteiger partial charge >= 0.3 is 5.97 Å². The van der Waals surface area contributed by atoms with Crippen LogP contribution >= 0.6 is 11.8 Å². The molecule has 0 unspecified atom stereocenters. The number of carbonyl (C=O) groups excluding carboxylic acids is 1. The molecule has 1 heterocycles. The van der Waals surface area contributed by atoms with Gasteiger partial charge in [0.05, 0.1) is 22.8 Å². The van der Waals surface area contributed by atoms with Crippen molar-refractivity contribution in [3.05, 3.63) is 77.2 Å². The number of amidine groups is 1. The van der Waals surface area contributed by atoms with Crippen LogP contribution in [-0.4, -0.2) is 40.2 Å². The van der Waals surface area contributed by atoms with Crippen LogP contribution in [0.5, 0.6) is 5.75 Å². The zero-order chi connectivity index (χ0) is 21.5. The summed E-state index contributed by atoms with van der Waals surface area (Å²) in [5, 5.41) is 9.55. The largest absolute Gasteiger partial charge is 0.493 e. The lowest BCUT2D eigenvalue weighted by molar-refractivity contribution is -0.121. The number of rotatable bonds is 8. The van der Waals surface area contributed by atoms with E-state index in [1.807, 2.05) is 37.3 Å². The van der Waals surface area contributed by atoms with E-state index in [4.69, 9.17) is 9.84 Å². The number of hydrogen-bond donors (Lipinski definition) is 1. The Bertz CT molecular complexity index is 1010. The number of hydrogen-bond acceptors (Lipinski definition) is 5. The number of para-hydroxylation sites is 1. The summed E-state index contributed by atoms with van der Waals surface area (Å²) in [7, 11) is 0. The second kappa shape index (κ2) is 9.93. The highest BCUT2D eigenvalue weighted by Gasteiger charge is 2.32. The molecule has 6 nitrogen and oxygen atoms in total. The van der Waals surface area contributed by atoms with Crippen LogP contribution < -0.4 is 4.74 Å². The average molecular weight is 423 g/mol. The first-order valence-electron chi connectivity index (χ1n) is 9.49. The molecule has 1 N–H and O–H groups in total. The Labute approximate surface area is 179 Å². The van der Waals surface area contributed by atoms with Crippen LogP contribution in [0, 0.1) is 0 Å². The lowest BCUT2D eigenvalue weighted by atomic mass is 10.2. The van der Waals surface area contributed by atoms with E-state index < -0.39 is 5.97 Å². The fourth-order valence-electron chi connectivity index (χ4n) is 2.75. The lowest BCUT2D eigenvalue weighted by Crippen LogP contribution is -2.29. The minimum Gasteiger partial charge on any atom is -0.493 e. The second-order valence-corrected chi connectivity index (χ2v) is 7.46. The third kappa shape index (κ3) is 4.99. The van der Waals surface area contributed by atoms with Crippen LogP contribution in [0.25, 0.3) is 6.08 Å². The topological polar surface area (TPSA) is 79.2 Å². The quantitative estimate of drug-likeness (QED) is 0.480. The molecule has 0 aromatic heterocycles. The number of nitrogens with zero attached hydrogens (tertiary/aromatic N) is 2. The highest BCUT2D eigenvalue weighted by molar-refractivity contribution is 8.18. The predicted molar refractivity (Wildman–Crippen MR) is 120 cm³/mol. The highest BCUT2D eigenvalue weighted by atomic mass is 32.2. The number of ether oxygens (including phenoxy) is 1. The summed E-state index contributed by atoms with van der Waals surface area (Å²) in [4.78, 5) is 30.6. The fourth-order valence-corrected chi connectivity index (χ4v) is 3.75. The van der Waals surface area contributed by atoms with E-state index in [2.05, 4.69) is 11.6 Å². The second-order valence-electron chi connectivity index (χ2n) is 6.45. The Hall–Kier alpha value is -3.32. The van der Waals surface area contributed by atoms with Gasteiger partial charge in [-0.1, -0.05) is 31.2 Å². The van der Waals surface area contributed by atoms with Crippen molar-refractivity contribution in [3.8, 4) is 5.75 Å². The van der Waals surface area contributed by atoms with E-state index in [1.54, 1.807) is 23.1 Å². The molecule has 2 aromatic rings. The van der Waals surface area contributed by atoms with E-state index in [-0.39, 0.29) is 11.5 Å². The maximum Gasteiger partial charge on any atom is 0.335 e. The van der Waals surface area contributed by atoms with Crippen LogP contribution in [0.3, 0.4) is 0 Å². The van der Waals surface area contributed by atoms with Crippen LogP contribution in [0.1, 0.15) is 29.3 Å². The van der Waals surface area contributed by atoms with E-state index in [0.717, 1.165) is 17.7 Å². The molecule has 3 rings (SSSR count). The normalized spacial score (nSPS) is 16.3. The number of carbonyl (C=O) groups is 2. The van der Waals surface area contributed by atoms with Gasteiger partial charge in [0, 0.05) is 12.1 Å². The van der Waals surface area contributed by atoms with Gasteiger partial charge in [0.25, 0.3) is 5.91 Å². The molecule has 1 aliphatic heterocycles. The lowest BCUT2D eigenvalue weighted by Gasteiger charge is -2.12. The Morgan fingerprint density at radius 3 is 2.63 bits per heavy atom. The van der Waals surface area contributed by atoms with Gasteiger partial charge in [-0.25, -0.2) is 9.79 Å². The van der Waals surface area contributed by atoms with E-state index in [1.165, 1.54) is 23.9 Å². The average Bonchev–Trinajstić information content (AvgIpc) is 3.02. The van der Waals surface area contributed by atoms with Crippen molar-refractivity contribution >= 4 is 40.6 Å². The summed E-state index contributed by atoms with van der Waals surface area (Å²) >= 11 is 1.27. The van der Waals surface area contributed by atoms with E-state index in [9.17, 15) is 9.59 Å². The molecule has 0 radical (unpaired) electrons. The summed E-state index contributed by atoms with van der Waals surface area (Å²) in [6, 6.07) is 13.8. The van der Waals surface area contributed by atoms with Crippen molar-refractivity contribution in [2.24, 2.45) is 4.99 Å². The Morgan fingerprint density at radius 1 is 1.23 bits per heavy atom. The third-order valence-electron chi connectivity index (χ3n) is 4.21. The zero-order valence-corrected chi connectivity index (χ0v) is 17.4. The summed E-state index contributed by atoms with van der Waals surface area (Å²) in [6.07, 6.45) is 4.34. The van der Waals surface area contributed by atoms with Gasteiger partial charge in [-0.15, -0.1) is 6.58 Å². The van der Waals surface area contributed by atoms with Crippen molar-refractivity contribution in [2.45, 2.75) is 13.3 Å². The Kier molecular flexibility index (Phi) is 7.08. The summed E-state index contributed by atoms with van der Waals surface area (Å²) < 4.78 is 5.79. The summed E-state index contributed by atoms with van der Waals surface area (Å²) in [5.74, 6) is -0.432. The predicted octanol–water partition coefficient (Wildman–Crippen LogP) is 4.96. The monoisotopic (exact) mass is 422 g/mol. The first kappa shape index (κ1) is 21.4. The van der Waals surface area contributed by atoms with Crippen molar-refractivity contribution in [2.75, 3.05) is 13.2 Å². The molecule has 1 fully saturated rings. The number of benzene rings is 2. The van der Waals surface area contributed by atoms with Gasteiger partial charge in [0.1, 0.15) is 5.75 Å². The number of aliphatic imine (C=N–C) groups is 1. The van der Waals surface area contributed by atoms with Crippen molar-refractivity contribution < 1.29 is 19.4 Å². The summed E-state index contributed by atoms with van der Waals surface area (Å²) in [6.45, 7) is 6.69. The zero-order valence-electron chi connectivity index (χ0n) is 16.6. The molecule has 2 aromatic carbocycles. The van der Waals surface area contributed by atoms with E-state index >= 15 is 0 Å². The maximum atomic E-state index is 13.0. The van der Waals surface area contributed by atoms with E-state index in [0.29, 0.717) is 28.9 Å². The first-order chi connectivity index (χ1) is 14.5. The van der Waals surface area contributed by atoms with Gasteiger partial charge in [-0.2, -0.15) is 0 Å². The SMILES string of the molecule is C=CCN1C(=O)/C(=C/c2ccccc2OCCC)SC1=Nc1ccc(C(=O)O)cc1. The van der Waals surface area contributed by atoms with Crippen molar-refractivity contribution in [1.82, 2.24) is 4.90 Å². The standard InChI is InChI=1S/C23H22N2O4S/c1-3-13-25-21(26)20(15-17-7-5-6-8-19(17)29-14-4-2)30-23(25)24-18-11-9-16(10-12-18)22(27)28/h3,5-12,15H,1,4,13-14H2,2H3,(H,27,28)/b20-15-,24-23?. The molecule has 7 heteroatoms. The first-order valence-corrected chi connectivity index (χ1v) is 10.3. The number of carboxylic acids is 1. The molecular formula is C23H22N2O4S. The van der Waals surface area contributed by atoms with Crippen molar-refractivity contribution in [1.29, 1.82) is 0 Å². The maximum absolute atomic E-state index is 13.0. The number of carboxylic acid groups (broad SMARTS) is 1. The Balaban J connectivity index is 1.92. The molecule has 0 bridgehead atoms. The number of thioether (sulfide) groups is 1. The molecule has 0 spiro atoms. The van der Waals surface area contributed by atoms with Gasteiger partial charge in [-0.3, -0.25) is 9.69 Å². The molecule has 1 amide bonds. The molecule has 0 atom stereocenters. The molecule has 0 aliphatic carbocycles. The summed E-state index contributed by atoms with van der Waals surface area (Å²) in [5.41, 5.74) is 1.58. The van der Waals surface area contributed by atoms with Crippen LogP contribution in [0.2, 0.25) is 0 Å². The molecular weight excluding hydrogens is 400 g/mol. The Morgan fingerprint density at radius 2 is 1.97 bits per heavy atom. The van der Waals surface area contributed by atoms with Crippen LogP contribution in [-0.2, 0) is 4.79 Å². The number of amides is 1.